The Kier molecular flexibility index (Phi) is 9.31. The first kappa shape index (κ1) is 21.3. The largest absolute Gasteiger partial charge is 0.352 e. The summed E-state index contributed by atoms with van der Waals surface area (Å²) in [5, 5.41) is 8.66. The Morgan fingerprint density at radius 3 is 2.40 bits per heavy atom. The van der Waals surface area contributed by atoms with E-state index in [1.807, 2.05) is 13.8 Å². The molecule has 0 fully saturated rings. The van der Waals surface area contributed by atoms with Crippen LogP contribution in [0.2, 0.25) is 5.02 Å². The summed E-state index contributed by atoms with van der Waals surface area (Å²) >= 11 is 6.17. The highest BCUT2D eigenvalue weighted by atomic mass is 35.5. The molecule has 0 bridgehead atoms. The average molecular weight is 369 g/mol. The number of urea groups is 1. The summed E-state index contributed by atoms with van der Waals surface area (Å²) < 4.78 is 0. The van der Waals surface area contributed by atoms with E-state index < -0.39 is 0 Å². The van der Waals surface area contributed by atoms with Crippen LogP contribution in [0.3, 0.4) is 0 Å². The molecule has 3 N–H and O–H groups in total. The van der Waals surface area contributed by atoms with Crippen molar-refractivity contribution in [2.75, 3.05) is 38.0 Å². The third kappa shape index (κ3) is 7.75. The Morgan fingerprint density at radius 2 is 1.84 bits per heavy atom. The van der Waals surface area contributed by atoms with Gasteiger partial charge < -0.3 is 20.9 Å². The molecule has 1 rings (SSSR count). The number of nitrogens with one attached hydrogen (secondary N) is 3. The molecule has 0 spiro atoms. The van der Waals surface area contributed by atoms with Gasteiger partial charge in [0.2, 0.25) is 0 Å². The SMILES string of the molecule is CCN(CC)CCNC(=O)Nc1ccc(C(=O)NCC(C)C)c(Cl)c1. The van der Waals surface area contributed by atoms with E-state index in [2.05, 4.69) is 34.7 Å². The maximum Gasteiger partial charge on any atom is 0.319 e. The zero-order valence-electron chi connectivity index (χ0n) is 15.5. The molecule has 0 aromatic heterocycles. The van der Waals surface area contributed by atoms with Gasteiger partial charge in [0.1, 0.15) is 0 Å². The summed E-state index contributed by atoms with van der Waals surface area (Å²) in [5.41, 5.74) is 0.945. The number of hydrogen-bond acceptors (Lipinski definition) is 3. The van der Waals surface area contributed by atoms with Crippen molar-refractivity contribution in [2.45, 2.75) is 27.7 Å². The van der Waals surface area contributed by atoms with Crippen LogP contribution in [0.1, 0.15) is 38.1 Å². The van der Waals surface area contributed by atoms with Crippen LogP contribution in [0.4, 0.5) is 10.5 Å². The highest BCUT2D eigenvalue weighted by Crippen LogP contribution is 2.21. The Labute approximate surface area is 155 Å². The van der Waals surface area contributed by atoms with Gasteiger partial charge in [-0.15, -0.1) is 0 Å². The number of hydrogen-bond donors (Lipinski definition) is 3. The molecule has 3 amide bonds. The van der Waals surface area contributed by atoms with Gasteiger partial charge in [0.05, 0.1) is 10.6 Å². The number of nitrogens with zero attached hydrogens (tertiary/aromatic N) is 1. The fourth-order valence-electron chi connectivity index (χ4n) is 2.21. The highest BCUT2D eigenvalue weighted by Gasteiger charge is 2.12. The van der Waals surface area contributed by atoms with E-state index in [9.17, 15) is 9.59 Å². The van der Waals surface area contributed by atoms with Gasteiger partial charge in [-0.25, -0.2) is 4.79 Å². The molecule has 0 saturated heterocycles. The minimum Gasteiger partial charge on any atom is -0.352 e. The lowest BCUT2D eigenvalue weighted by Gasteiger charge is -2.18. The molecule has 0 radical (unpaired) electrons. The standard InChI is InChI=1S/C18H29ClN4O2/c1-5-23(6-2)10-9-20-18(25)22-14-7-8-15(16(19)11-14)17(24)21-12-13(3)4/h7-8,11,13H,5-6,9-10,12H2,1-4H3,(H,21,24)(H2,20,22,25). The summed E-state index contributed by atoms with van der Waals surface area (Å²) in [6.45, 7) is 12.1. The first-order valence-electron chi connectivity index (χ1n) is 8.72. The summed E-state index contributed by atoms with van der Waals surface area (Å²) in [6.07, 6.45) is 0. The van der Waals surface area contributed by atoms with Gasteiger partial charge in [-0.05, 0) is 37.2 Å². The van der Waals surface area contributed by atoms with Crippen LogP contribution in [-0.2, 0) is 0 Å². The van der Waals surface area contributed by atoms with E-state index in [1.165, 1.54) is 0 Å². The second kappa shape index (κ2) is 10.9. The number of anilines is 1. The molecular formula is C18H29ClN4O2. The van der Waals surface area contributed by atoms with E-state index in [0.717, 1.165) is 19.6 Å². The van der Waals surface area contributed by atoms with Crippen LogP contribution in [0.25, 0.3) is 0 Å². The van der Waals surface area contributed by atoms with Gasteiger partial charge in [-0.3, -0.25) is 4.79 Å². The van der Waals surface area contributed by atoms with Gasteiger partial charge in [-0.2, -0.15) is 0 Å². The minimum absolute atomic E-state index is 0.214. The number of halogens is 1. The Hall–Kier alpha value is -1.79. The van der Waals surface area contributed by atoms with Crippen molar-refractivity contribution in [3.8, 4) is 0 Å². The molecule has 6 nitrogen and oxygen atoms in total. The van der Waals surface area contributed by atoms with Crippen molar-refractivity contribution in [2.24, 2.45) is 5.92 Å². The van der Waals surface area contributed by atoms with Gasteiger partial charge in [0, 0.05) is 25.3 Å². The summed E-state index contributed by atoms with van der Waals surface area (Å²) in [7, 11) is 0. The van der Waals surface area contributed by atoms with Gasteiger partial charge in [0.15, 0.2) is 0 Å². The third-order valence-corrected chi connectivity index (χ3v) is 4.06. The number of amides is 3. The molecule has 0 aliphatic heterocycles. The van der Waals surface area contributed by atoms with Crippen molar-refractivity contribution in [3.05, 3.63) is 28.8 Å². The molecule has 0 unspecified atom stereocenters. The molecule has 25 heavy (non-hydrogen) atoms. The van der Waals surface area contributed by atoms with Crippen molar-refractivity contribution in [1.29, 1.82) is 0 Å². The van der Waals surface area contributed by atoms with Gasteiger partial charge in [-0.1, -0.05) is 39.3 Å². The molecule has 1 aromatic carbocycles. The molecule has 0 aliphatic rings. The van der Waals surface area contributed by atoms with Crippen molar-refractivity contribution in [1.82, 2.24) is 15.5 Å². The average Bonchev–Trinajstić information content (AvgIpc) is 2.56. The predicted octanol–water partition coefficient (Wildman–Crippen LogP) is 3.19. The van der Waals surface area contributed by atoms with E-state index in [-0.39, 0.29) is 11.9 Å². The van der Waals surface area contributed by atoms with Crippen LogP contribution >= 0.6 is 11.6 Å². The van der Waals surface area contributed by atoms with E-state index >= 15 is 0 Å². The van der Waals surface area contributed by atoms with Crippen LogP contribution in [0, 0.1) is 5.92 Å². The maximum absolute atomic E-state index is 12.1. The number of benzene rings is 1. The quantitative estimate of drug-likeness (QED) is 0.626. The molecule has 0 atom stereocenters. The zero-order valence-corrected chi connectivity index (χ0v) is 16.2. The number of carbonyl (C=O) groups is 2. The smallest absolute Gasteiger partial charge is 0.319 e. The monoisotopic (exact) mass is 368 g/mol. The van der Waals surface area contributed by atoms with E-state index in [4.69, 9.17) is 11.6 Å². The fraction of sp³-hybridized carbons (Fsp3) is 0.556. The molecule has 0 heterocycles. The molecule has 0 aliphatic carbocycles. The van der Waals surface area contributed by atoms with E-state index in [0.29, 0.717) is 35.3 Å². The summed E-state index contributed by atoms with van der Waals surface area (Å²) in [5.74, 6) is 0.151. The number of carbonyl (C=O) groups excluding carboxylic acids is 2. The number of rotatable bonds is 9. The molecule has 1 aromatic rings. The van der Waals surface area contributed by atoms with Crippen molar-refractivity contribution >= 4 is 29.2 Å². The molecule has 140 valence electrons. The van der Waals surface area contributed by atoms with Crippen LogP contribution < -0.4 is 16.0 Å². The van der Waals surface area contributed by atoms with E-state index in [1.54, 1.807) is 18.2 Å². The van der Waals surface area contributed by atoms with Gasteiger partial charge >= 0.3 is 6.03 Å². The lowest BCUT2D eigenvalue weighted by Crippen LogP contribution is -2.36. The molecular weight excluding hydrogens is 340 g/mol. The minimum atomic E-state index is -0.291. The highest BCUT2D eigenvalue weighted by molar-refractivity contribution is 6.34. The van der Waals surface area contributed by atoms with Crippen molar-refractivity contribution < 1.29 is 9.59 Å². The van der Waals surface area contributed by atoms with Crippen LogP contribution in [0.5, 0.6) is 0 Å². The Bertz CT molecular complexity index is 574. The van der Waals surface area contributed by atoms with Crippen molar-refractivity contribution in [3.63, 3.8) is 0 Å². The van der Waals surface area contributed by atoms with Crippen LogP contribution in [0.15, 0.2) is 18.2 Å². The maximum atomic E-state index is 12.1. The zero-order chi connectivity index (χ0) is 18.8. The second-order valence-corrected chi connectivity index (χ2v) is 6.61. The lowest BCUT2D eigenvalue weighted by molar-refractivity contribution is 0.0949. The summed E-state index contributed by atoms with van der Waals surface area (Å²) in [4.78, 5) is 26.2. The lowest BCUT2D eigenvalue weighted by atomic mass is 10.1. The van der Waals surface area contributed by atoms with Gasteiger partial charge in [0.25, 0.3) is 5.91 Å². The Morgan fingerprint density at radius 1 is 1.16 bits per heavy atom. The normalized spacial score (nSPS) is 10.8. The Balaban J connectivity index is 2.53. The number of likely N-dealkylation sites (N-methyl/N-ethyl adjacent to an activating group) is 1. The van der Waals surface area contributed by atoms with Crippen LogP contribution in [-0.4, -0.2) is 49.6 Å². The predicted molar refractivity (Wildman–Crippen MR) is 103 cm³/mol. The fourth-order valence-corrected chi connectivity index (χ4v) is 2.48. The first-order valence-corrected chi connectivity index (χ1v) is 9.10. The topological polar surface area (TPSA) is 73.5 Å². The first-order chi connectivity index (χ1) is 11.9. The third-order valence-electron chi connectivity index (χ3n) is 3.75. The summed E-state index contributed by atoms with van der Waals surface area (Å²) in [6, 6.07) is 4.57. The second-order valence-electron chi connectivity index (χ2n) is 6.21. The molecule has 7 heteroatoms. The molecule has 0 saturated carbocycles.